The molecule has 0 aromatic heterocycles. The van der Waals surface area contributed by atoms with Gasteiger partial charge in [-0.25, -0.2) is 0 Å². The second-order valence-electron chi connectivity index (χ2n) is 7.25. The number of primary amides is 1. The normalized spacial score (nSPS) is 25.9. The number of hydrogen-bond donors (Lipinski definition) is 3. The summed E-state index contributed by atoms with van der Waals surface area (Å²) in [5.74, 6) is -4.46. The number of rotatable bonds is 5. The maximum atomic E-state index is 13.1. The highest BCUT2D eigenvalue weighted by Crippen LogP contribution is 2.44. The van der Waals surface area contributed by atoms with Gasteiger partial charge in [0.05, 0.1) is 18.4 Å². The minimum absolute atomic E-state index is 0.102. The van der Waals surface area contributed by atoms with Crippen molar-refractivity contribution in [1.29, 1.82) is 0 Å². The average molecular weight is 393 g/mol. The minimum atomic E-state index is -1.18. The molecule has 0 radical (unpaired) electrons. The second-order valence-corrected chi connectivity index (χ2v) is 7.25. The van der Waals surface area contributed by atoms with Gasteiger partial charge in [0.1, 0.15) is 6.04 Å². The van der Waals surface area contributed by atoms with Crippen molar-refractivity contribution in [3.63, 3.8) is 0 Å². The smallest absolute Gasteiger partial charge is 0.321 e. The highest BCUT2D eigenvalue weighted by Gasteiger charge is 2.60. The van der Waals surface area contributed by atoms with Gasteiger partial charge in [-0.1, -0.05) is 42.5 Å². The molecule has 0 saturated carbocycles. The number of carboxylic acids is 1. The van der Waals surface area contributed by atoms with Crippen molar-refractivity contribution in [3.8, 4) is 0 Å². The molecule has 2 aliphatic rings. The van der Waals surface area contributed by atoms with E-state index in [2.05, 4.69) is 5.32 Å². The van der Waals surface area contributed by atoms with Crippen LogP contribution in [0.5, 0.6) is 0 Å². The Morgan fingerprint density at radius 3 is 2.17 bits per heavy atom. The van der Waals surface area contributed by atoms with Crippen LogP contribution in [0.4, 0.5) is 0 Å². The number of hydrogen-bond acceptors (Lipinski definition) is 5. The monoisotopic (exact) mass is 393 g/mol. The van der Waals surface area contributed by atoms with Crippen molar-refractivity contribution in [2.24, 2.45) is 17.6 Å². The van der Waals surface area contributed by atoms with E-state index in [0.717, 1.165) is 10.5 Å². The fourth-order valence-corrected chi connectivity index (χ4v) is 4.18. The number of nitrogens with two attached hydrogens (primary N) is 1. The molecule has 2 fully saturated rings. The predicted octanol–water partition coefficient (Wildman–Crippen LogP) is 0.684. The third-order valence-electron chi connectivity index (χ3n) is 5.57. The topological polar surface area (TPSA) is 130 Å². The molecule has 4 atom stereocenters. The Morgan fingerprint density at radius 2 is 1.59 bits per heavy atom. The van der Waals surface area contributed by atoms with Gasteiger partial charge < -0.3 is 10.8 Å². The molecular formula is C21H19N3O5. The van der Waals surface area contributed by atoms with E-state index in [1.807, 2.05) is 30.3 Å². The summed E-state index contributed by atoms with van der Waals surface area (Å²) >= 11 is 0. The van der Waals surface area contributed by atoms with Crippen LogP contribution in [0.25, 0.3) is 0 Å². The van der Waals surface area contributed by atoms with Crippen molar-refractivity contribution in [2.45, 2.75) is 18.6 Å². The van der Waals surface area contributed by atoms with Crippen molar-refractivity contribution in [3.05, 3.63) is 71.3 Å². The summed E-state index contributed by atoms with van der Waals surface area (Å²) in [6, 6.07) is 13.5. The first kappa shape index (κ1) is 18.8. The van der Waals surface area contributed by atoms with Crippen LogP contribution in [0, 0.1) is 11.8 Å². The molecule has 0 aliphatic carbocycles. The molecule has 2 aromatic carbocycles. The fourth-order valence-electron chi connectivity index (χ4n) is 4.18. The van der Waals surface area contributed by atoms with Gasteiger partial charge in [0.15, 0.2) is 0 Å². The zero-order valence-electron chi connectivity index (χ0n) is 15.3. The zero-order chi connectivity index (χ0) is 20.7. The number of carboxylic acid groups (broad SMARTS) is 1. The molecule has 3 amide bonds. The molecule has 8 heteroatoms. The van der Waals surface area contributed by atoms with Crippen LogP contribution in [-0.4, -0.2) is 39.7 Å². The summed E-state index contributed by atoms with van der Waals surface area (Å²) in [5, 5.41) is 12.5. The van der Waals surface area contributed by atoms with Gasteiger partial charge in [-0.2, -0.15) is 0 Å². The summed E-state index contributed by atoms with van der Waals surface area (Å²) in [6.45, 7) is 0.102. The summed E-state index contributed by atoms with van der Waals surface area (Å²) in [4.78, 5) is 50.3. The number of imide groups is 1. The fraction of sp³-hybridized carbons (Fsp3) is 0.238. The van der Waals surface area contributed by atoms with E-state index < -0.39 is 47.6 Å². The number of aliphatic carboxylic acids is 1. The predicted molar refractivity (Wildman–Crippen MR) is 101 cm³/mol. The van der Waals surface area contributed by atoms with Crippen molar-refractivity contribution in [1.82, 2.24) is 10.2 Å². The highest BCUT2D eigenvalue weighted by atomic mass is 16.4. The van der Waals surface area contributed by atoms with Crippen LogP contribution in [0.2, 0.25) is 0 Å². The Kier molecular flexibility index (Phi) is 4.63. The van der Waals surface area contributed by atoms with Crippen LogP contribution < -0.4 is 11.1 Å². The number of likely N-dealkylation sites (tertiary alicyclic amines) is 1. The summed E-state index contributed by atoms with van der Waals surface area (Å²) < 4.78 is 0. The first-order valence-corrected chi connectivity index (χ1v) is 9.16. The van der Waals surface area contributed by atoms with E-state index >= 15 is 0 Å². The molecule has 2 aliphatic heterocycles. The van der Waals surface area contributed by atoms with Gasteiger partial charge in [0, 0.05) is 11.6 Å². The number of nitrogens with zero attached hydrogens (tertiary/aromatic N) is 1. The third-order valence-corrected chi connectivity index (χ3v) is 5.57. The lowest BCUT2D eigenvalue weighted by molar-refractivity contribution is -0.146. The summed E-state index contributed by atoms with van der Waals surface area (Å²) in [5.41, 5.74) is 6.97. The molecule has 0 bridgehead atoms. The molecule has 148 valence electrons. The maximum Gasteiger partial charge on any atom is 0.321 e. The standard InChI is InChI=1S/C21H19N3O5/c22-18(25)13-8-6-12(7-9-13)16-14-15(17(23-16)21(28)29)20(27)24(19(14)26)10-11-4-2-1-3-5-11/h1-9,14-17,23H,10H2,(H2,22,25)(H,28,29). The highest BCUT2D eigenvalue weighted by molar-refractivity contribution is 6.08. The number of carbonyl (C=O) groups excluding carboxylic acids is 3. The lowest BCUT2D eigenvalue weighted by Crippen LogP contribution is -2.42. The molecule has 2 aromatic rings. The van der Waals surface area contributed by atoms with Crippen LogP contribution in [0.15, 0.2) is 54.6 Å². The molecular weight excluding hydrogens is 374 g/mol. The third kappa shape index (κ3) is 3.17. The van der Waals surface area contributed by atoms with Gasteiger partial charge in [-0.3, -0.25) is 29.4 Å². The molecule has 4 rings (SSSR count). The van der Waals surface area contributed by atoms with Gasteiger partial charge in [0.2, 0.25) is 17.7 Å². The quantitative estimate of drug-likeness (QED) is 0.641. The first-order chi connectivity index (χ1) is 13.9. The van der Waals surface area contributed by atoms with Gasteiger partial charge in [0.25, 0.3) is 0 Å². The van der Waals surface area contributed by atoms with Gasteiger partial charge >= 0.3 is 5.97 Å². The zero-order valence-corrected chi connectivity index (χ0v) is 15.3. The lowest BCUT2D eigenvalue weighted by Gasteiger charge is -2.21. The van der Waals surface area contributed by atoms with Crippen LogP contribution >= 0.6 is 0 Å². The largest absolute Gasteiger partial charge is 0.480 e. The van der Waals surface area contributed by atoms with Crippen molar-refractivity contribution in [2.75, 3.05) is 0 Å². The van der Waals surface area contributed by atoms with Crippen LogP contribution in [-0.2, 0) is 20.9 Å². The maximum absolute atomic E-state index is 13.1. The Morgan fingerprint density at radius 1 is 0.966 bits per heavy atom. The lowest BCUT2D eigenvalue weighted by atomic mass is 9.86. The summed E-state index contributed by atoms with van der Waals surface area (Å²) in [7, 11) is 0. The molecule has 29 heavy (non-hydrogen) atoms. The van der Waals surface area contributed by atoms with Crippen LogP contribution in [0.3, 0.4) is 0 Å². The number of benzene rings is 2. The molecule has 0 spiro atoms. The van der Waals surface area contributed by atoms with Crippen LogP contribution in [0.1, 0.15) is 27.5 Å². The Bertz CT molecular complexity index is 989. The average Bonchev–Trinajstić information content (AvgIpc) is 3.22. The SMILES string of the molecule is NC(=O)c1ccc(C2NC(C(=O)O)C3C(=O)N(Cc4ccccc4)C(=O)C23)cc1. The van der Waals surface area contributed by atoms with E-state index in [1.54, 1.807) is 12.1 Å². The van der Waals surface area contributed by atoms with Crippen molar-refractivity contribution >= 4 is 23.7 Å². The van der Waals surface area contributed by atoms with Gasteiger partial charge in [-0.15, -0.1) is 0 Å². The van der Waals surface area contributed by atoms with E-state index in [4.69, 9.17) is 5.73 Å². The number of nitrogens with one attached hydrogen (secondary N) is 1. The van der Waals surface area contributed by atoms with E-state index in [9.17, 15) is 24.3 Å². The Balaban J connectivity index is 1.67. The van der Waals surface area contributed by atoms with Crippen molar-refractivity contribution < 1.29 is 24.3 Å². The second kappa shape index (κ2) is 7.14. The van der Waals surface area contributed by atoms with E-state index in [0.29, 0.717) is 11.1 Å². The molecule has 2 heterocycles. The minimum Gasteiger partial charge on any atom is -0.480 e. The molecule has 2 saturated heterocycles. The Labute approximate surface area is 166 Å². The Hall–Kier alpha value is -3.52. The van der Waals surface area contributed by atoms with Gasteiger partial charge in [-0.05, 0) is 23.3 Å². The number of fused-ring (bicyclic) bond motifs is 1. The van der Waals surface area contributed by atoms with E-state index in [-0.39, 0.29) is 6.54 Å². The molecule has 4 N–H and O–H groups in total. The summed E-state index contributed by atoms with van der Waals surface area (Å²) in [6.07, 6.45) is 0. The number of amides is 3. The number of carbonyl (C=O) groups is 4. The van der Waals surface area contributed by atoms with E-state index in [1.165, 1.54) is 12.1 Å². The molecule has 4 unspecified atom stereocenters. The first-order valence-electron chi connectivity index (χ1n) is 9.16. The molecule has 8 nitrogen and oxygen atoms in total.